The van der Waals surface area contributed by atoms with Crippen molar-refractivity contribution in [1.29, 1.82) is 0 Å². The van der Waals surface area contributed by atoms with Crippen LogP contribution < -0.4 is 5.32 Å². The van der Waals surface area contributed by atoms with Crippen molar-refractivity contribution < 1.29 is 17.9 Å². The number of ether oxygens (including phenoxy) is 1. The lowest BCUT2D eigenvalue weighted by molar-refractivity contribution is 0.0144. The fourth-order valence-corrected chi connectivity index (χ4v) is 2.22. The minimum absolute atomic E-state index is 0.0607. The monoisotopic (exact) mass is 323 g/mol. The number of rotatable bonds is 10. The fourth-order valence-electron chi connectivity index (χ4n) is 1.98. The molecular formula is C15H21ClF3NO. The molecule has 1 aromatic carbocycles. The zero-order valence-electron chi connectivity index (χ0n) is 12.0. The van der Waals surface area contributed by atoms with E-state index < -0.39 is 13.0 Å². The van der Waals surface area contributed by atoms with Gasteiger partial charge < -0.3 is 10.1 Å². The van der Waals surface area contributed by atoms with Crippen molar-refractivity contribution in [2.24, 2.45) is 0 Å². The molecule has 1 rings (SSSR count). The molecule has 0 radical (unpaired) electrons. The summed E-state index contributed by atoms with van der Waals surface area (Å²) in [5.74, 6) is -0.373. The standard InChI is InChI=1S/C15H21ClF3NO/c1-2-6-20-13(5-7-21-10-15(18)19)8-11-3-4-12(17)9-14(11)16/h3-4,9,13,15,20H,2,5-8,10H2,1H3. The highest BCUT2D eigenvalue weighted by molar-refractivity contribution is 6.31. The van der Waals surface area contributed by atoms with E-state index >= 15 is 0 Å². The normalized spacial score (nSPS) is 12.9. The Bertz CT molecular complexity index is 418. The number of benzene rings is 1. The summed E-state index contributed by atoms with van der Waals surface area (Å²) in [6, 6.07) is 4.36. The van der Waals surface area contributed by atoms with Crippen LogP contribution in [0.5, 0.6) is 0 Å². The van der Waals surface area contributed by atoms with Crippen molar-refractivity contribution in [3.8, 4) is 0 Å². The third-order valence-corrected chi connectivity index (χ3v) is 3.37. The Balaban J connectivity index is 2.51. The molecule has 0 spiro atoms. The van der Waals surface area contributed by atoms with Crippen molar-refractivity contribution in [1.82, 2.24) is 5.32 Å². The van der Waals surface area contributed by atoms with Gasteiger partial charge in [-0.15, -0.1) is 0 Å². The predicted molar refractivity (Wildman–Crippen MR) is 78.6 cm³/mol. The molecule has 1 unspecified atom stereocenters. The molecular weight excluding hydrogens is 303 g/mol. The van der Waals surface area contributed by atoms with Gasteiger partial charge in [0.05, 0.1) is 0 Å². The minimum atomic E-state index is -2.45. The van der Waals surface area contributed by atoms with Gasteiger partial charge in [0.15, 0.2) is 0 Å². The summed E-state index contributed by atoms with van der Waals surface area (Å²) < 4.78 is 41.9. The van der Waals surface area contributed by atoms with Crippen molar-refractivity contribution >= 4 is 11.6 Å². The van der Waals surface area contributed by atoms with Gasteiger partial charge in [0, 0.05) is 17.7 Å². The van der Waals surface area contributed by atoms with Gasteiger partial charge in [0.1, 0.15) is 12.4 Å². The van der Waals surface area contributed by atoms with Gasteiger partial charge in [-0.2, -0.15) is 0 Å². The maximum absolute atomic E-state index is 13.0. The highest BCUT2D eigenvalue weighted by Crippen LogP contribution is 2.19. The summed E-state index contributed by atoms with van der Waals surface area (Å²) in [6.45, 7) is 2.57. The first kappa shape index (κ1) is 18.3. The zero-order chi connectivity index (χ0) is 15.7. The van der Waals surface area contributed by atoms with Crippen LogP contribution >= 0.6 is 11.6 Å². The largest absolute Gasteiger partial charge is 0.375 e. The van der Waals surface area contributed by atoms with E-state index in [1.54, 1.807) is 6.07 Å². The number of hydrogen-bond acceptors (Lipinski definition) is 2. The van der Waals surface area contributed by atoms with Gasteiger partial charge in [0.25, 0.3) is 6.43 Å². The lowest BCUT2D eigenvalue weighted by Gasteiger charge is -2.19. The second-order valence-electron chi connectivity index (χ2n) is 4.85. The molecule has 0 fully saturated rings. The molecule has 0 aliphatic carbocycles. The van der Waals surface area contributed by atoms with E-state index in [1.165, 1.54) is 12.1 Å². The van der Waals surface area contributed by atoms with Gasteiger partial charge >= 0.3 is 0 Å². The third-order valence-electron chi connectivity index (χ3n) is 3.02. The molecule has 1 atom stereocenters. The summed E-state index contributed by atoms with van der Waals surface area (Å²) >= 11 is 6.01. The van der Waals surface area contributed by atoms with Gasteiger partial charge in [-0.25, -0.2) is 13.2 Å². The second kappa shape index (κ2) is 10.0. The van der Waals surface area contributed by atoms with Crippen LogP contribution in [-0.4, -0.2) is 32.2 Å². The van der Waals surface area contributed by atoms with Crippen LogP contribution in [0.15, 0.2) is 18.2 Å². The molecule has 0 bridgehead atoms. The molecule has 0 aromatic heterocycles. The number of hydrogen-bond donors (Lipinski definition) is 1. The maximum atomic E-state index is 13.0. The zero-order valence-corrected chi connectivity index (χ0v) is 12.8. The van der Waals surface area contributed by atoms with Crippen LogP contribution in [-0.2, 0) is 11.2 Å². The van der Waals surface area contributed by atoms with Crippen molar-refractivity contribution in [3.63, 3.8) is 0 Å². The van der Waals surface area contributed by atoms with Gasteiger partial charge in [-0.05, 0) is 43.5 Å². The molecule has 2 nitrogen and oxygen atoms in total. The van der Waals surface area contributed by atoms with E-state index in [9.17, 15) is 13.2 Å². The van der Waals surface area contributed by atoms with E-state index in [-0.39, 0.29) is 18.5 Å². The van der Waals surface area contributed by atoms with Gasteiger partial charge in [-0.3, -0.25) is 0 Å². The Morgan fingerprint density at radius 2 is 2.10 bits per heavy atom. The summed E-state index contributed by atoms with van der Waals surface area (Å²) in [5.41, 5.74) is 0.834. The Morgan fingerprint density at radius 1 is 1.33 bits per heavy atom. The number of nitrogens with one attached hydrogen (secondary N) is 1. The quantitative estimate of drug-likeness (QED) is 0.656. The predicted octanol–water partition coefficient (Wildman–Crippen LogP) is 4.06. The summed E-state index contributed by atoms with van der Waals surface area (Å²) in [6.07, 6.45) is -0.276. The van der Waals surface area contributed by atoms with E-state index in [4.69, 9.17) is 16.3 Å². The van der Waals surface area contributed by atoms with E-state index in [0.29, 0.717) is 17.9 Å². The third kappa shape index (κ3) is 7.69. The van der Waals surface area contributed by atoms with Crippen LogP contribution in [0.4, 0.5) is 13.2 Å². The Hall–Kier alpha value is -0.780. The lowest BCUT2D eigenvalue weighted by atomic mass is 10.0. The molecule has 0 saturated heterocycles. The Kier molecular flexibility index (Phi) is 8.73. The summed E-state index contributed by atoms with van der Waals surface area (Å²) in [5, 5.41) is 3.71. The first-order chi connectivity index (χ1) is 10.0. The molecule has 120 valence electrons. The maximum Gasteiger partial charge on any atom is 0.261 e. The molecule has 21 heavy (non-hydrogen) atoms. The molecule has 0 aliphatic rings. The first-order valence-corrected chi connectivity index (χ1v) is 7.44. The van der Waals surface area contributed by atoms with Crippen molar-refractivity contribution in [3.05, 3.63) is 34.6 Å². The van der Waals surface area contributed by atoms with Gasteiger partial charge in [-0.1, -0.05) is 24.6 Å². The highest BCUT2D eigenvalue weighted by atomic mass is 35.5. The van der Waals surface area contributed by atoms with Crippen molar-refractivity contribution in [2.45, 2.75) is 38.7 Å². The average molecular weight is 324 g/mol. The number of alkyl halides is 2. The fraction of sp³-hybridized carbons (Fsp3) is 0.600. The van der Waals surface area contributed by atoms with Crippen LogP contribution in [0.1, 0.15) is 25.3 Å². The molecule has 0 heterocycles. The topological polar surface area (TPSA) is 21.3 Å². The van der Waals surface area contributed by atoms with Gasteiger partial charge in [0.2, 0.25) is 0 Å². The van der Waals surface area contributed by atoms with E-state index in [1.807, 2.05) is 6.92 Å². The van der Waals surface area contributed by atoms with Crippen LogP contribution in [0.2, 0.25) is 5.02 Å². The van der Waals surface area contributed by atoms with E-state index in [2.05, 4.69) is 5.32 Å². The average Bonchev–Trinajstić information content (AvgIpc) is 2.43. The molecule has 0 saturated carbocycles. The molecule has 0 aliphatic heterocycles. The second-order valence-corrected chi connectivity index (χ2v) is 5.25. The van der Waals surface area contributed by atoms with E-state index in [0.717, 1.165) is 18.5 Å². The first-order valence-electron chi connectivity index (χ1n) is 7.06. The minimum Gasteiger partial charge on any atom is -0.375 e. The van der Waals surface area contributed by atoms with Crippen LogP contribution in [0, 0.1) is 5.82 Å². The molecule has 1 aromatic rings. The smallest absolute Gasteiger partial charge is 0.261 e. The van der Waals surface area contributed by atoms with Crippen LogP contribution in [0.3, 0.4) is 0 Å². The SMILES string of the molecule is CCCNC(CCOCC(F)F)Cc1ccc(F)cc1Cl. The summed E-state index contributed by atoms with van der Waals surface area (Å²) in [7, 11) is 0. The molecule has 0 amide bonds. The van der Waals surface area contributed by atoms with Crippen molar-refractivity contribution in [2.75, 3.05) is 19.8 Å². The van der Waals surface area contributed by atoms with Crippen LogP contribution in [0.25, 0.3) is 0 Å². The Labute approximate surface area is 128 Å². The Morgan fingerprint density at radius 3 is 2.71 bits per heavy atom. The molecule has 6 heteroatoms. The summed E-state index contributed by atoms with van der Waals surface area (Å²) in [4.78, 5) is 0. The lowest BCUT2D eigenvalue weighted by Crippen LogP contribution is -2.33. The number of halogens is 4. The molecule has 1 N–H and O–H groups in total. The highest BCUT2D eigenvalue weighted by Gasteiger charge is 2.12.